The van der Waals surface area contributed by atoms with E-state index >= 15 is 0 Å². The van der Waals surface area contributed by atoms with Crippen LogP contribution in [0, 0.1) is 11.3 Å². The lowest BCUT2D eigenvalue weighted by atomic mass is 10.2. The summed E-state index contributed by atoms with van der Waals surface area (Å²) in [4.78, 5) is 0.983. The highest BCUT2D eigenvalue weighted by Crippen LogP contribution is 2.20. The van der Waals surface area contributed by atoms with Crippen molar-refractivity contribution in [1.82, 2.24) is 0 Å². The van der Waals surface area contributed by atoms with E-state index in [1.807, 2.05) is 6.07 Å². The average Bonchev–Trinajstić information content (AvgIpc) is 2.50. The molecule has 11 heavy (non-hydrogen) atoms. The largest absolute Gasteiger partial charge is 0.320 e. The molecule has 0 spiro atoms. The molecule has 2 N–H and O–H groups in total. The summed E-state index contributed by atoms with van der Waals surface area (Å²) in [6.07, 6.45) is 1.66. The Hall–Kier alpha value is -1.11. The van der Waals surface area contributed by atoms with E-state index in [1.165, 1.54) is 11.3 Å². The van der Waals surface area contributed by atoms with Gasteiger partial charge in [-0.25, -0.2) is 0 Å². The molecule has 1 atom stereocenters. The Morgan fingerprint density at radius 2 is 2.55 bits per heavy atom. The van der Waals surface area contributed by atoms with Gasteiger partial charge in [0.1, 0.15) is 6.07 Å². The van der Waals surface area contributed by atoms with E-state index in [4.69, 9.17) is 11.0 Å². The van der Waals surface area contributed by atoms with Gasteiger partial charge in [-0.15, -0.1) is 17.9 Å². The van der Waals surface area contributed by atoms with Gasteiger partial charge in [-0.05, 0) is 6.07 Å². The van der Waals surface area contributed by atoms with Crippen molar-refractivity contribution < 1.29 is 0 Å². The summed E-state index contributed by atoms with van der Waals surface area (Å²) in [6.45, 7) is 3.57. The number of hydrogen-bond donors (Lipinski definition) is 1. The zero-order valence-corrected chi connectivity index (χ0v) is 6.77. The normalized spacial score (nSPS) is 12.0. The SMILES string of the molecule is C=C[C@@H](N)c1cc(C#N)cs1. The number of nitriles is 1. The summed E-state index contributed by atoms with van der Waals surface area (Å²) in [5.41, 5.74) is 6.31. The summed E-state index contributed by atoms with van der Waals surface area (Å²) in [5, 5.41) is 10.3. The van der Waals surface area contributed by atoms with Gasteiger partial charge in [0, 0.05) is 10.3 Å². The van der Waals surface area contributed by atoms with E-state index in [0.717, 1.165) is 4.88 Å². The molecule has 1 aromatic heterocycles. The van der Waals surface area contributed by atoms with Gasteiger partial charge in [0.15, 0.2) is 0 Å². The van der Waals surface area contributed by atoms with Crippen molar-refractivity contribution in [3.05, 3.63) is 34.5 Å². The minimum atomic E-state index is -0.137. The number of rotatable bonds is 2. The van der Waals surface area contributed by atoms with E-state index in [0.29, 0.717) is 5.56 Å². The predicted octanol–water partition coefficient (Wildman–Crippen LogP) is 1.81. The Labute approximate surface area is 69.6 Å². The molecule has 1 rings (SSSR count). The first kappa shape index (κ1) is 7.99. The summed E-state index contributed by atoms with van der Waals surface area (Å²) in [5.74, 6) is 0. The van der Waals surface area contributed by atoms with Crippen LogP contribution >= 0.6 is 11.3 Å². The minimum absolute atomic E-state index is 0.137. The smallest absolute Gasteiger partial charge is 0.100 e. The van der Waals surface area contributed by atoms with Crippen molar-refractivity contribution in [2.45, 2.75) is 6.04 Å². The first-order valence-electron chi connectivity index (χ1n) is 3.14. The van der Waals surface area contributed by atoms with Crippen molar-refractivity contribution >= 4 is 11.3 Å². The van der Waals surface area contributed by atoms with Crippen molar-refractivity contribution in [2.24, 2.45) is 5.73 Å². The molecule has 0 amide bonds. The van der Waals surface area contributed by atoms with Crippen LogP contribution in [0.25, 0.3) is 0 Å². The minimum Gasteiger partial charge on any atom is -0.320 e. The van der Waals surface area contributed by atoms with E-state index in [1.54, 1.807) is 17.5 Å². The number of hydrogen-bond acceptors (Lipinski definition) is 3. The van der Waals surface area contributed by atoms with Crippen molar-refractivity contribution in [3.63, 3.8) is 0 Å². The number of thiophene rings is 1. The monoisotopic (exact) mass is 164 g/mol. The van der Waals surface area contributed by atoms with E-state index < -0.39 is 0 Å². The molecular formula is C8H8N2S. The second kappa shape index (κ2) is 3.33. The summed E-state index contributed by atoms with van der Waals surface area (Å²) in [6, 6.07) is 3.70. The maximum absolute atomic E-state index is 8.50. The third-order valence-corrected chi connectivity index (χ3v) is 2.37. The molecular weight excluding hydrogens is 156 g/mol. The van der Waals surface area contributed by atoms with Crippen LogP contribution in [0.15, 0.2) is 24.1 Å². The zero-order chi connectivity index (χ0) is 8.27. The molecule has 0 aliphatic carbocycles. The molecule has 0 fully saturated rings. The van der Waals surface area contributed by atoms with Gasteiger partial charge in [0.2, 0.25) is 0 Å². The third-order valence-electron chi connectivity index (χ3n) is 1.33. The maximum Gasteiger partial charge on any atom is 0.100 e. The lowest BCUT2D eigenvalue weighted by Crippen LogP contribution is -2.03. The number of nitrogens with two attached hydrogens (primary N) is 1. The van der Waals surface area contributed by atoms with Crippen LogP contribution in [-0.2, 0) is 0 Å². The van der Waals surface area contributed by atoms with Gasteiger partial charge in [0.05, 0.1) is 11.6 Å². The van der Waals surface area contributed by atoms with Crippen LogP contribution < -0.4 is 5.73 Å². The zero-order valence-electron chi connectivity index (χ0n) is 5.95. The topological polar surface area (TPSA) is 49.8 Å². The molecule has 0 saturated heterocycles. The van der Waals surface area contributed by atoms with Crippen molar-refractivity contribution in [2.75, 3.05) is 0 Å². The van der Waals surface area contributed by atoms with Crippen molar-refractivity contribution in [1.29, 1.82) is 5.26 Å². The number of nitrogens with zero attached hydrogens (tertiary/aromatic N) is 1. The Morgan fingerprint density at radius 3 is 3.00 bits per heavy atom. The summed E-state index contributed by atoms with van der Waals surface area (Å²) >= 11 is 1.49. The predicted molar refractivity (Wildman–Crippen MR) is 46.2 cm³/mol. The van der Waals surface area contributed by atoms with Gasteiger partial charge in [0.25, 0.3) is 0 Å². The Balaban J connectivity index is 2.90. The van der Waals surface area contributed by atoms with E-state index in [2.05, 4.69) is 6.58 Å². The molecule has 0 bridgehead atoms. The summed E-state index contributed by atoms with van der Waals surface area (Å²) < 4.78 is 0. The average molecular weight is 164 g/mol. The molecule has 0 unspecified atom stereocenters. The Kier molecular flexibility index (Phi) is 2.42. The molecule has 0 aliphatic rings. The molecule has 0 aromatic carbocycles. The molecule has 0 saturated carbocycles. The van der Waals surface area contributed by atoms with Gasteiger partial charge in [-0.3, -0.25) is 0 Å². The van der Waals surface area contributed by atoms with Crippen LogP contribution in [0.1, 0.15) is 16.5 Å². The lowest BCUT2D eigenvalue weighted by molar-refractivity contribution is 0.939. The van der Waals surface area contributed by atoms with Crippen LogP contribution in [0.3, 0.4) is 0 Å². The molecule has 2 nitrogen and oxygen atoms in total. The fraction of sp³-hybridized carbons (Fsp3) is 0.125. The van der Waals surface area contributed by atoms with Gasteiger partial charge in [-0.2, -0.15) is 5.26 Å². The highest BCUT2D eigenvalue weighted by Gasteiger charge is 2.03. The van der Waals surface area contributed by atoms with Gasteiger partial charge >= 0.3 is 0 Å². The standard InChI is InChI=1S/C8H8N2S/c1-2-7(10)8-3-6(4-9)5-11-8/h2-3,5,7H,1,10H2/t7-/m1/s1. The van der Waals surface area contributed by atoms with Crippen molar-refractivity contribution in [3.8, 4) is 6.07 Å². The van der Waals surface area contributed by atoms with Crippen LogP contribution in [-0.4, -0.2) is 0 Å². The summed E-state index contributed by atoms with van der Waals surface area (Å²) in [7, 11) is 0. The first-order valence-corrected chi connectivity index (χ1v) is 4.02. The fourth-order valence-electron chi connectivity index (χ4n) is 0.702. The molecule has 0 aliphatic heterocycles. The third kappa shape index (κ3) is 1.67. The Morgan fingerprint density at radius 1 is 1.82 bits per heavy atom. The molecule has 0 radical (unpaired) electrons. The Bertz CT molecular complexity index is 295. The quantitative estimate of drug-likeness (QED) is 0.677. The fourth-order valence-corrected chi connectivity index (χ4v) is 1.53. The maximum atomic E-state index is 8.50. The lowest BCUT2D eigenvalue weighted by Gasteiger charge is -1.98. The molecule has 3 heteroatoms. The van der Waals surface area contributed by atoms with Crippen LogP contribution in [0.4, 0.5) is 0 Å². The highest BCUT2D eigenvalue weighted by atomic mass is 32.1. The molecule has 56 valence electrons. The second-order valence-electron chi connectivity index (χ2n) is 2.11. The molecule has 1 aromatic rings. The van der Waals surface area contributed by atoms with Crippen LogP contribution in [0.5, 0.6) is 0 Å². The van der Waals surface area contributed by atoms with E-state index in [9.17, 15) is 0 Å². The van der Waals surface area contributed by atoms with E-state index in [-0.39, 0.29) is 6.04 Å². The van der Waals surface area contributed by atoms with Gasteiger partial charge < -0.3 is 5.73 Å². The molecule has 1 heterocycles. The van der Waals surface area contributed by atoms with Crippen LogP contribution in [0.2, 0.25) is 0 Å². The van der Waals surface area contributed by atoms with Gasteiger partial charge in [-0.1, -0.05) is 6.08 Å². The highest BCUT2D eigenvalue weighted by molar-refractivity contribution is 7.10. The first-order chi connectivity index (χ1) is 5.27. The second-order valence-corrected chi connectivity index (χ2v) is 3.05.